The molecule has 3 atom stereocenters. The summed E-state index contributed by atoms with van der Waals surface area (Å²) in [5.74, 6) is 1.33. The van der Waals surface area contributed by atoms with E-state index in [4.69, 9.17) is 4.74 Å². The Bertz CT molecular complexity index is 879. The topological polar surface area (TPSA) is 74.4 Å². The molecule has 0 bridgehead atoms. The van der Waals surface area contributed by atoms with Crippen LogP contribution in [0.3, 0.4) is 0 Å². The quantitative estimate of drug-likeness (QED) is 0.788. The van der Waals surface area contributed by atoms with Crippen LogP contribution in [-0.4, -0.2) is 47.4 Å². The van der Waals surface area contributed by atoms with E-state index in [1.807, 2.05) is 35.2 Å². The van der Waals surface area contributed by atoms with Crippen molar-refractivity contribution in [2.75, 3.05) is 20.2 Å². The second-order valence-corrected chi connectivity index (χ2v) is 8.44. The summed E-state index contributed by atoms with van der Waals surface area (Å²) >= 11 is 0. The van der Waals surface area contributed by atoms with Gasteiger partial charge < -0.3 is 19.9 Å². The summed E-state index contributed by atoms with van der Waals surface area (Å²) in [6.07, 6.45) is 5.29. The molecule has 4 rings (SSSR count). The summed E-state index contributed by atoms with van der Waals surface area (Å²) in [4.78, 5) is 30.6. The molecule has 2 heterocycles. The Balaban J connectivity index is 1.42. The van der Waals surface area contributed by atoms with E-state index in [9.17, 15) is 9.59 Å². The van der Waals surface area contributed by atoms with Crippen molar-refractivity contribution >= 4 is 11.8 Å². The van der Waals surface area contributed by atoms with Gasteiger partial charge in [0.2, 0.25) is 5.91 Å². The highest BCUT2D eigenvalue weighted by atomic mass is 16.5. The first-order chi connectivity index (χ1) is 14.0. The van der Waals surface area contributed by atoms with Gasteiger partial charge in [-0.2, -0.15) is 0 Å². The fourth-order valence-corrected chi connectivity index (χ4v) is 4.91. The number of hydrogen-bond donors (Lipinski definition) is 2. The minimum Gasteiger partial charge on any atom is -0.497 e. The smallest absolute Gasteiger partial charge is 0.268 e. The summed E-state index contributed by atoms with van der Waals surface area (Å²) in [5.41, 5.74) is 1.38. The summed E-state index contributed by atoms with van der Waals surface area (Å²) in [6.45, 7) is 3.41. The lowest BCUT2D eigenvalue weighted by Crippen LogP contribution is -2.52. The van der Waals surface area contributed by atoms with Crippen molar-refractivity contribution in [3.05, 3.63) is 53.9 Å². The van der Waals surface area contributed by atoms with Gasteiger partial charge >= 0.3 is 0 Å². The van der Waals surface area contributed by atoms with Crippen LogP contribution in [0.1, 0.15) is 54.6 Å². The van der Waals surface area contributed by atoms with E-state index in [-0.39, 0.29) is 23.3 Å². The highest BCUT2D eigenvalue weighted by Gasteiger charge is 2.51. The molecule has 2 amide bonds. The van der Waals surface area contributed by atoms with Crippen LogP contribution in [0, 0.1) is 5.92 Å². The summed E-state index contributed by atoms with van der Waals surface area (Å²) in [6, 6.07) is 11.5. The van der Waals surface area contributed by atoms with Gasteiger partial charge in [-0.1, -0.05) is 25.5 Å². The van der Waals surface area contributed by atoms with Gasteiger partial charge in [0, 0.05) is 31.6 Å². The van der Waals surface area contributed by atoms with Crippen LogP contribution in [0.2, 0.25) is 0 Å². The summed E-state index contributed by atoms with van der Waals surface area (Å²) in [5, 5.41) is 3.26. The number of benzene rings is 1. The Hall–Kier alpha value is -2.76. The molecule has 29 heavy (non-hydrogen) atoms. The minimum atomic E-state index is -0.295. The zero-order valence-corrected chi connectivity index (χ0v) is 17.1. The Kier molecular flexibility index (Phi) is 5.35. The lowest BCUT2D eigenvalue weighted by molar-refractivity contribution is -0.130. The molecule has 2 aromatic rings. The number of methoxy groups -OCH3 is 1. The van der Waals surface area contributed by atoms with Gasteiger partial charge in [-0.25, -0.2) is 0 Å². The molecule has 2 N–H and O–H groups in total. The molecule has 1 aromatic heterocycles. The number of aromatic nitrogens is 1. The third-order valence-electron chi connectivity index (χ3n) is 6.57. The maximum atomic E-state index is 13.0. The maximum Gasteiger partial charge on any atom is 0.268 e. The Morgan fingerprint density at radius 2 is 2.21 bits per heavy atom. The first-order valence-corrected chi connectivity index (χ1v) is 10.4. The molecule has 1 aromatic carbocycles. The number of nitrogens with zero attached hydrogens (tertiary/aromatic N) is 1. The molecule has 1 saturated heterocycles. The zero-order chi connectivity index (χ0) is 20.4. The molecule has 154 valence electrons. The van der Waals surface area contributed by atoms with Gasteiger partial charge in [0.25, 0.3) is 5.91 Å². The van der Waals surface area contributed by atoms with E-state index in [2.05, 4.69) is 17.2 Å². The molecule has 2 aliphatic rings. The van der Waals surface area contributed by atoms with E-state index in [1.54, 1.807) is 19.4 Å². The molecule has 1 aliphatic heterocycles. The molecule has 1 aliphatic carbocycles. The molecule has 1 saturated carbocycles. The van der Waals surface area contributed by atoms with E-state index in [0.717, 1.165) is 37.1 Å². The van der Waals surface area contributed by atoms with Crippen LogP contribution >= 0.6 is 0 Å². The Labute approximate surface area is 171 Å². The number of ether oxygens (including phenoxy) is 1. The largest absolute Gasteiger partial charge is 0.497 e. The second kappa shape index (κ2) is 7.93. The number of H-pyrrole nitrogens is 1. The molecular weight excluding hydrogens is 366 g/mol. The minimum absolute atomic E-state index is 0.0825. The molecule has 2 fully saturated rings. The predicted octanol–water partition coefficient (Wildman–Crippen LogP) is 3.33. The number of hydrogen-bond acceptors (Lipinski definition) is 3. The van der Waals surface area contributed by atoms with E-state index in [1.165, 1.54) is 0 Å². The van der Waals surface area contributed by atoms with Crippen LogP contribution in [0.4, 0.5) is 0 Å². The number of rotatable bonds is 6. The monoisotopic (exact) mass is 395 g/mol. The zero-order valence-electron chi connectivity index (χ0n) is 17.1. The predicted molar refractivity (Wildman–Crippen MR) is 111 cm³/mol. The molecule has 0 spiro atoms. The standard InChI is InChI=1S/C23H29N3O3/c1-16(17-6-3-8-19(13-17)29-2)12-21(27)26-14-18-7-4-10-23(18,15-26)25-22(28)20-9-5-11-24-20/h3,5-6,8-9,11,13,16,18,24H,4,7,10,12,14-15H2,1-2H3,(H,25,28)/t16?,18-,23-/m0/s1. The van der Waals surface area contributed by atoms with Gasteiger partial charge in [0.15, 0.2) is 0 Å². The van der Waals surface area contributed by atoms with Crippen molar-refractivity contribution < 1.29 is 14.3 Å². The van der Waals surface area contributed by atoms with Crippen LogP contribution in [0.25, 0.3) is 0 Å². The molecule has 1 unspecified atom stereocenters. The van der Waals surface area contributed by atoms with Gasteiger partial charge in [-0.05, 0) is 48.6 Å². The number of aromatic amines is 1. The van der Waals surface area contributed by atoms with Crippen molar-refractivity contribution in [1.29, 1.82) is 0 Å². The van der Waals surface area contributed by atoms with Gasteiger partial charge in [-0.15, -0.1) is 0 Å². The van der Waals surface area contributed by atoms with E-state index in [0.29, 0.717) is 24.6 Å². The molecule has 6 nitrogen and oxygen atoms in total. The SMILES string of the molecule is COc1cccc(C(C)CC(=O)N2C[C@@H]3CCC[C@]3(NC(=O)c3ccc[nH]3)C2)c1. The third-order valence-corrected chi connectivity index (χ3v) is 6.57. The average molecular weight is 396 g/mol. The Morgan fingerprint density at radius 1 is 1.34 bits per heavy atom. The summed E-state index contributed by atoms with van der Waals surface area (Å²) < 4.78 is 5.30. The van der Waals surface area contributed by atoms with E-state index < -0.39 is 0 Å². The first-order valence-electron chi connectivity index (χ1n) is 10.4. The fraction of sp³-hybridized carbons (Fsp3) is 0.478. The van der Waals surface area contributed by atoms with Crippen molar-refractivity contribution in [2.24, 2.45) is 5.92 Å². The highest BCUT2D eigenvalue weighted by molar-refractivity contribution is 5.93. The second-order valence-electron chi connectivity index (χ2n) is 8.44. The number of amides is 2. The number of likely N-dealkylation sites (tertiary alicyclic amines) is 1. The van der Waals surface area contributed by atoms with E-state index >= 15 is 0 Å². The third kappa shape index (κ3) is 3.88. The lowest BCUT2D eigenvalue weighted by atomic mass is 9.90. The fourth-order valence-electron chi connectivity index (χ4n) is 4.91. The van der Waals surface area contributed by atoms with Crippen molar-refractivity contribution in [3.63, 3.8) is 0 Å². The maximum absolute atomic E-state index is 13.0. The number of fused-ring (bicyclic) bond motifs is 1. The van der Waals surface area contributed by atoms with Crippen molar-refractivity contribution in [2.45, 2.75) is 44.1 Å². The number of carbonyl (C=O) groups excluding carboxylic acids is 2. The van der Waals surface area contributed by atoms with Gasteiger partial charge in [0.1, 0.15) is 11.4 Å². The van der Waals surface area contributed by atoms with Crippen LogP contribution < -0.4 is 10.1 Å². The van der Waals surface area contributed by atoms with Gasteiger partial charge in [-0.3, -0.25) is 9.59 Å². The average Bonchev–Trinajstić information content (AvgIpc) is 3.43. The van der Waals surface area contributed by atoms with Crippen LogP contribution in [-0.2, 0) is 4.79 Å². The highest BCUT2D eigenvalue weighted by Crippen LogP contribution is 2.42. The molecular formula is C23H29N3O3. The lowest BCUT2D eigenvalue weighted by Gasteiger charge is -2.30. The number of nitrogens with one attached hydrogen (secondary N) is 2. The Morgan fingerprint density at radius 3 is 2.97 bits per heavy atom. The summed E-state index contributed by atoms with van der Waals surface area (Å²) in [7, 11) is 1.65. The van der Waals surface area contributed by atoms with Crippen molar-refractivity contribution in [1.82, 2.24) is 15.2 Å². The van der Waals surface area contributed by atoms with Crippen LogP contribution in [0.15, 0.2) is 42.6 Å². The van der Waals surface area contributed by atoms with Gasteiger partial charge in [0.05, 0.1) is 12.6 Å². The first kappa shape index (κ1) is 19.6. The number of carbonyl (C=O) groups is 2. The molecule has 0 radical (unpaired) electrons. The normalized spacial score (nSPS) is 24.2. The molecule has 6 heteroatoms. The van der Waals surface area contributed by atoms with Crippen molar-refractivity contribution in [3.8, 4) is 5.75 Å². The van der Waals surface area contributed by atoms with Crippen LogP contribution in [0.5, 0.6) is 5.75 Å².